The van der Waals surface area contributed by atoms with Gasteiger partial charge in [-0.1, -0.05) is 40.6 Å². The average molecular weight is 313 g/mol. The normalized spacial score (nSPS) is 10.9. The summed E-state index contributed by atoms with van der Waals surface area (Å²) in [6, 6.07) is 9.72. The zero-order valence-corrected chi connectivity index (χ0v) is 11.8. The summed E-state index contributed by atoms with van der Waals surface area (Å²) < 4.78 is 13.9. The fourth-order valence-corrected chi connectivity index (χ4v) is 3.06. The van der Waals surface area contributed by atoms with Crippen LogP contribution >= 0.6 is 34.5 Å². The van der Waals surface area contributed by atoms with Crippen LogP contribution in [0.2, 0.25) is 10.0 Å². The molecular formula is C13H7Cl2FN2S. The maximum absolute atomic E-state index is 13.0. The predicted molar refractivity (Wildman–Crippen MR) is 79.3 cm³/mol. The molecule has 6 heteroatoms. The SMILES string of the molecule is Fc1ccc(Nc2nc3cccc(Cl)c3s2)c(Cl)c1. The first-order valence-corrected chi connectivity index (χ1v) is 6.98. The molecule has 0 aliphatic rings. The van der Waals surface area contributed by atoms with Gasteiger partial charge in [0.25, 0.3) is 0 Å². The van der Waals surface area contributed by atoms with E-state index in [4.69, 9.17) is 23.2 Å². The van der Waals surface area contributed by atoms with Gasteiger partial charge in [-0.15, -0.1) is 0 Å². The number of fused-ring (bicyclic) bond motifs is 1. The Morgan fingerprint density at radius 1 is 1.11 bits per heavy atom. The second-order valence-electron chi connectivity index (χ2n) is 3.86. The van der Waals surface area contributed by atoms with Crippen molar-refractivity contribution in [3.05, 3.63) is 52.3 Å². The molecule has 2 aromatic carbocycles. The maximum Gasteiger partial charge on any atom is 0.188 e. The molecule has 0 spiro atoms. The number of aromatic nitrogens is 1. The van der Waals surface area contributed by atoms with Crippen molar-refractivity contribution in [1.82, 2.24) is 4.98 Å². The van der Waals surface area contributed by atoms with Gasteiger partial charge < -0.3 is 5.32 Å². The van der Waals surface area contributed by atoms with E-state index in [0.717, 1.165) is 10.2 Å². The smallest absolute Gasteiger partial charge is 0.188 e. The molecule has 0 saturated carbocycles. The van der Waals surface area contributed by atoms with Gasteiger partial charge in [0.1, 0.15) is 5.82 Å². The number of rotatable bonds is 2. The van der Waals surface area contributed by atoms with Gasteiger partial charge in [0.15, 0.2) is 5.13 Å². The molecule has 0 unspecified atom stereocenters. The highest BCUT2D eigenvalue weighted by Crippen LogP contribution is 2.34. The van der Waals surface area contributed by atoms with Gasteiger partial charge in [-0.05, 0) is 30.3 Å². The molecule has 2 nitrogen and oxygen atoms in total. The fourth-order valence-electron chi connectivity index (χ4n) is 1.67. The highest BCUT2D eigenvalue weighted by Gasteiger charge is 2.08. The molecule has 96 valence electrons. The lowest BCUT2D eigenvalue weighted by Gasteiger charge is -2.04. The third-order valence-corrected chi connectivity index (χ3v) is 4.30. The summed E-state index contributed by atoms with van der Waals surface area (Å²) in [5.74, 6) is -0.372. The van der Waals surface area contributed by atoms with Crippen LogP contribution in [0.1, 0.15) is 0 Å². The summed E-state index contributed by atoms with van der Waals surface area (Å²) in [7, 11) is 0. The molecule has 0 bridgehead atoms. The molecule has 3 rings (SSSR count). The molecule has 1 N–H and O–H groups in total. The number of anilines is 2. The Morgan fingerprint density at radius 3 is 2.68 bits per heavy atom. The number of hydrogen-bond acceptors (Lipinski definition) is 3. The Kier molecular flexibility index (Phi) is 3.31. The van der Waals surface area contributed by atoms with E-state index >= 15 is 0 Å². The quantitative estimate of drug-likeness (QED) is 0.677. The van der Waals surface area contributed by atoms with E-state index in [9.17, 15) is 4.39 Å². The van der Waals surface area contributed by atoms with E-state index < -0.39 is 0 Å². The Balaban J connectivity index is 1.99. The van der Waals surface area contributed by atoms with Crippen LogP contribution in [0.3, 0.4) is 0 Å². The molecule has 3 aromatic rings. The maximum atomic E-state index is 13.0. The zero-order chi connectivity index (χ0) is 13.4. The van der Waals surface area contributed by atoms with Crippen molar-refractivity contribution in [2.45, 2.75) is 0 Å². The molecule has 0 aliphatic carbocycles. The largest absolute Gasteiger partial charge is 0.330 e. The van der Waals surface area contributed by atoms with Crippen molar-refractivity contribution >= 4 is 55.6 Å². The van der Waals surface area contributed by atoms with Gasteiger partial charge >= 0.3 is 0 Å². The van der Waals surface area contributed by atoms with E-state index in [1.807, 2.05) is 18.2 Å². The summed E-state index contributed by atoms with van der Waals surface area (Å²) in [6.07, 6.45) is 0. The van der Waals surface area contributed by atoms with Crippen molar-refractivity contribution < 1.29 is 4.39 Å². The molecule has 19 heavy (non-hydrogen) atoms. The summed E-state index contributed by atoms with van der Waals surface area (Å²) in [6.45, 7) is 0. The minimum Gasteiger partial charge on any atom is -0.330 e. The number of benzene rings is 2. The van der Waals surface area contributed by atoms with Crippen LogP contribution in [0.15, 0.2) is 36.4 Å². The van der Waals surface area contributed by atoms with Crippen molar-refractivity contribution in [1.29, 1.82) is 0 Å². The first-order chi connectivity index (χ1) is 9.13. The number of halogens is 3. The standard InChI is InChI=1S/C13H7Cl2FN2S/c14-8-2-1-3-11-12(8)19-13(18-11)17-10-5-4-7(16)6-9(10)15/h1-6H,(H,17,18). The molecule has 0 radical (unpaired) electrons. The topological polar surface area (TPSA) is 24.9 Å². The van der Waals surface area contributed by atoms with E-state index in [-0.39, 0.29) is 5.82 Å². The first kappa shape index (κ1) is 12.7. The van der Waals surface area contributed by atoms with E-state index in [1.54, 1.807) is 6.07 Å². The lowest BCUT2D eigenvalue weighted by molar-refractivity contribution is 0.628. The predicted octanol–water partition coefficient (Wildman–Crippen LogP) is 5.49. The first-order valence-electron chi connectivity index (χ1n) is 5.40. The molecule has 0 amide bonds. The van der Waals surface area contributed by atoms with Crippen LogP contribution in [0.25, 0.3) is 10.2 Å². The van der Waals surface area contributed by atoms with Crippen molar-refractivity contribution in [3.63, 3.8) is 0 Å². The van der Waals surface area contributed by atoms with Crippen molar-refractivity contribution in [3.8, 4) is 0 Å². The third kappa shape index (κ3) is 2.52. The summed E-state index contributed by atoms with van der Waals surface area (Å²) in [4.78, 5) is 4.40. The second kappa shape index (κ2) is 4.96. The third-order valence-electron chi connectivity index (χ3n) is 2.54. The zero-order valence-electron chi connectivity index (χ0n) is 9.45. The number of thiazole rings is 1. The van der Waals surface area contributed by atoms with Crippen LogP contribution < -0.4 is 5.32 Å². The Hall–Kier alpha value is -1.36. The molecule has 1 heterocycles. The van der Waals surface area contributed by atoms with E-state index in [2.05, 4.69) is 10.3 Å². The van der Waals surface area contributed by atoms with Gasteiger partial charge in [-0.25, -0.2) is 9.37 Å². The van der Waals surface area contributed by atoms with E-state index in [1.165, 1.54) is 23.5 Å². The van der Waals surface area contributed by atoms with Crippen LogP contribution in [-0.2, 0) is 0 Å². The van der Waals surface area contributed by atoms with Gasteiger partial charge in [-0.3, -0.25) is 0 Å². The molecular weight excluding hydrogens is 306 g/mol. The van der Waals surface area contributed by atoms with Gasteiger partial charge in [0.2, 0.25) is 0 Å². The van der Waals surface area contributed by atoms with Gasteiger partial charge in [0.05, 0.1) is 25.9 Å². The van der Waals surface area contributed by atoms with Crippen LogP contribution in [0, 0.1) is 5.82 Å². The summed E-state index contributed by atoms with van der Waals surface area (Å²) >= 11 is 13.5. The van der Waals surface area contributed by atoms with Gasteiger partial charge in [0, 0.05) is 0 Å². The number of hydrogen-bond donors (Lipinski definition) is 1. The summed E-state index contributed by atoms with van der Waals surface area (Å²) in [5, 5.41) is 4.70. The molecule has 0 atom stereocenters. The van der Waals surface area contributed by atoms with Crippen LogP contribution in [0.5, 0.6) is 0 Å². The Morgan fingerprint density at radius 2 is 1.95 bits per heavy atom. The molecule has 1 aromatic heterocycles. The molecule has 0 aliphatic heterocycles. The monoisotopic (exact) mass is 312 g/mol. The van der Waals surface area contributed by atoms with Gasteiger partial charge in [-0.2, -0.15) is 0 Å². The summed E-state index contributed by atoms with van der Waals surface area (Å²) in [5.41, 5.74) is 1.43. The second-order valence-corrected chi connectivity index (χ2v) is 5.67. The van der Waals surface area contributed by atoms with Crippen LogP contribution in [-0.4, -0.2) is 4.98 Å². The lowest BCUT2D eigenvalue weighted by Crippen LogP contribution is -1.90. The van der Waals surface area contributed by atoms with E-state index in [0.29, 0.717) is 20.9 Å². The minimum atomic E-state index is -0.372. The average Bonchev–Trinajstić information content (AvgIpc) is 2.77. The Bertz CT molecular complexity index is 757. The number of nitrogens with zero attached hydrogens (tertiary/aromatic N) is 1. The Labute approximate surface area is 122 Å². The highest BCUT2D eigenvalue weighted by molar-refractivity contribution is 7.22. The number of nitrogens with one attached hydrogen (secondary N) is 1. The lowest BCUT2D eigenvalue weighted by atomic mass is 10.3. The molecule has 0 fully saturated rings. The molecule has 0 saturated heterocycles. The minimum absolute atomic E-state index is 0.311. The van der Waals surface area contributed by atoms with Crippen molar-refractivity contribution in [2.75, 3.05) is 5.32 Å². The fraction of sp³-hybridized carbons (Fsp3) is 0. The van der Waals surface area contributed by atoms with Crippen molar-refractivity contribution in [2.24, 2.45) is 0 Å². The van der Waals surface area contributed by atoms with Crippen LogP contribution in [0.4, 0.5) is 15.2 Å². The highest BCUT2D eigenvalue weighted by atomic mass is 35.5.